The predicted molar refractivity (Wildman–Crippen MR) is 104 cm³/mol. The van der Waals surface area contributed by atoms with Crippen LogP contribution in [0.5, 0.6) is 0 Å². The van der Waals surface area contributed by atoms with Gasteiger partial charge in [0.05, 0.1) is 10.9 Å². The topological polar surface area (TPSA) is 77.8 Å². The Morgan fingerprint density at radius 1 is 1.17 bits per heavy atom. The number of hydrogen-bond donors (Lipinski definition) is 0. The van der Waals surface area contributed by atoms with Crippen molar-refractivity contribution in [3.8, 4) is 0 Å². The summed E-state index contributed by atoms with van der Waals surface area (Å²) in [5, 5.41) is 0. The van der Waals surface area contributed by atoms with Crippen molar-refractivity contribution in [2.24, 2.45) is 0 Å². The number of nitrogens with zero attached hydrogens (tertiary/aromatic N) is 3. The Morgan fingerprint density at radius 3 is 2.62 bits per heavy atom. The first-order valence-corrected chi connectivity index (χ1v) is 10.8. The molecule has 1 fully saturated rings. The van der Waals surface area contributed by atoms with Crippen molar-refractivity contribution in [1.29, 1.82) is 0 Å². The molecule has 2 heterocycles. The minimum atomic E-state index is -3.91. The SMILES string of the molecule is CN1C(=O)C(=O)[N+](C)=C2C=CC(S(=O)(=O)N3CCCC3c3ccccc3F)=CC21. The summed E-state index contributed by atoms with van der Waals surface area (Å²) in [6.45, 7) is 0.293. The Kier molecular flexibility index (Phi) is 4.74. The van der Waals surface area contributed by atoms with Crippen molar-refractivity contribution in [2.75, 3.05) is 20.6 Å². The lowest BCUT2D eigenvalue weighted by Crippen LogP contribution is -2.55. The third-order valence-corrected chi connectivity index (χ3v) is 7.65. The maximum Gasteiger partial charge on any atom is 0.477 e. The van der Waals surface area contributed by atoms with Gasteiger partial charge in [-0.05, 0) is 31.1 Å². The van der Waals surface area contributed by atoms with E-state index >= 15 is 0 Å². The largest absolute Gasteiger partial charge is 0.477 e. The van der Waals surface area contributed by atoms with E-state index in [9.17, 15) is 22.4 Å². The summed E-state index contributed by atoms with van der Waals surface area (Å²) in [5.41, 5.74) is 0.889. The molecule has 29 heavy (non-hydrogen) atoms. The molecule has 0 spiro atoms. The normalized spacial score (nSPS) is 25.5. The average Bonchev–Trinajstić information content (AvgIpc) is 3.21. The van der Waals surface area contributed by atoms with Gasteiger partial charge in [0.15, 0.2) is 0 Å². The lowest BCUT2D eigenvalue weighted by molar-refractivity contribution is -0.418. The molecule has 152 valence electrons. The molecule has 0 aromatic heterocycles. The number of fused-ring (bicyclic) bond motifs is 1. The Morgan fingerprint density at radius 2 is 1.90 bits per heavy atom. The van der Waals surface area contributed by atoms with Crippen LogP contribution in [0.2, 0.25) is 0 Å². The highest BCUT2D eigenvalue weighted by atomic mass is 32.2. The molecule has 2 amide bonds. The minimum Gasteiger partial charge on any atom is -0.317 e. The maximum atomic E-state index is 14.3. The zero-order valence-electron chi connectivity index (χ0n) is 16.1. The number of carbonyl (C=O) groups excluding carboxylic acids is 2. The molecule has 4 rings (SSSR count). The molecule has 0 N–H and O–H groups in total. The van der Waals surface area contributed by atoms with Crippen LogP contribution < -0.4 is 0 Å². The number of amides is 2. The van der Waals surface area contributed by atoms with E-state index in [1.165, 1.54) is 46.1 Å². The van der Waals surface area contributed by atoms with Crippen molar-refractivity contribution >= 4 is 27.5 Å². The fraction of sp³-hybridized carbons (Fsp3) is 0.350. The van der Waals surface area contributed by atoms with Crippen LogP contribution in [-0.2, 0) is 19.6 Å². The predicted octanol–water partition coefficient (Wildman–Crippen LogP) is 1.20. The highest BCUT2D eigenvalue weighted by Crippen LogP contribution is 2.38. The van der Waals surface area contributed by atoms with Gasteiger partial charge < -0.3 is 4.90 Å². The quantitative estimate of drug-likeness (QED) is 0.546. The molecule has 2 unspecified atom stereocenters. The standard InChI is InChI=1S/C20H21FN3O4S/c1-22-17-10-9-13(12-18(17)23(2)20(26)19(22)25)29(27,28)24-11-5-8-16(24)14-6-3-4-7-15(14)21/h3-4,6-7,9-10,12,16,18H,5,8,11H2,1-2H3/q+1. The van der Waals surface area contributed by atoms with E-state index in [1.807, 2.05) is 0 Å². The van der Waals surface area contributed by atoms with Gasteiger partial charge >= 0.3 is 11.8 Å². The fourth-order valence-corrected chi connectivity index (χ4v) is 5.85. The van der Waals surface area contributed by atoms with Gasteiger partial charge in [-0.15, -0.1) is 0 Å². The first kappa shape index (κ1) is 19.7. The maximum absolute atomic E-state index is 14.3. The van der Waals surface area contributed by atoms with Crippen LogP contribution in [0.4, 0.5) is 4.39 Å². The van der Waals surface area contributed by atoms with Crippen molar-refractivity contribution in [3.63, 3.8) is 0 Å². The van der Waals surface area contributed by atoms with Crippen molar-refractivity contribution < 1.29 is 27.0 Å². The Balaban J connectivity index is 1.72. The third kappa shape index (κ3) is 3.05. The molecule has 9 heteroatoms. The molecule has 2 atom stereocenters. The van der Waals surface area contributed by atoms with Crippen LogP contribution in [0.25, 0.3) is 0 Å². The van der Waals surface area contributed by atoms with Gasteiger partial charge in [-0.1, -0.05) is 18.2 Å². The zero-order valence-corrected chi connectivity index (χ0v) is 16.9. The van der Waals surface area contributed by atoms with Crippen LogP contribution in [0.1, 0.15) is 24.4 Å². The molecule has 7 nitrogen and oxygen atoms in total. The molecule has 3 aliphatic rings. The summed E-state index contributed by atoms with van der Waals surface area (Å²) < 4.78 is 43.6. The fourth-order valence-electron chi connectivity index (χ4n) is 4.11. The molecule has 0 saturated carbocycles. The zero-order chi connectivity index (χ0) is 20.9. The van der Waals surface area contributed by atoms with E-state index in [2.05, 4.69) is 0 Å². The Labute approximate surface area is 168 Å². The van der Waals surface area contributed by atoms with E-state index in [1.54, 1.807) is 24.3 Å². The molecular formula is C20H21FN3O4S+. The number of sulfonamides is 1. The summed E-state index contributed by atoms with van der Waals surface area (Å²) >= 11 is 0. The lowest BCUT2D eigenvalue weighted by atomic mass is 10.0. The second-order valence-corrected chi connectivity index (χ2v) is 9.24. The van der Waals surface area contributed by atoms with Crippen molar-refractivity contribution in [1.82, 2.24) is 9.21 Å². The summed E-state index contributed by atoms with van der Waals surface area (Å²) in [4.78, 5) is 25.4. The molecule has 1 aromatic carbocycles. The van der Waals surface area contributed by atoms with E-state index in [4.69, 9.17) is 0 Å². The minimum absolute atomic E-state index is 0.0388. The molecule has 0 bridgehead atoms. The first-order valence-electron chi connectivity index (χ1n) is 9.31. The number of likely N-dealkylation sites (N-methyl/N-ethyl adjacent to an activating group) is 2. The van der Waals surface area contributed by atoms with E-state index in [0.29, 0.717) is 30.7 Å². The van der Waals surface area contributed by atoms with Crippen molar-refractivity contribution in [3.05, 3.63) is 58.8 Å². The van der Waals surface area contributed by atoms with Gasteiger partial charge in [-0.3, -0.25) is 4.79 Å². The number of allylic oxidation sites excluding steroid dienone is 1. The van der Waals surface area contributed by atoms with Gasteiger partial charge in [-0.2, -0.15) is 8.88 Å². The number of carbonyl (C=O) groups is 2. The summed E-state index contributed by atoms with van der Waals surface area (Å²) in [5.74, 6) is -1.79. The van der Waals surface area contributed by atoms with E-state index in [0.717, 1.165) is 0 Å². The van der Waals surface area contributed by atoms with Crippen LogP contribution in [0, 0.1) is 5.82 Å². The second-order valence-electron chi connectivity index (χ2n) is 7.35. The van der Waals surface area contributed by atoms with Crippen LogP contribution in [0.3, 0.4) is 0 Å². The molecule has 1 aromatic rings. The molecule has 1 saturated heterocycles. The summed E-state index contributed by atoms with van der Waals surface area (Å²) in [6.07, 6.45) is 5.62. The van der Waals surface area contributed by atoms with Gasteiger partial charge in [0.25, 0.3) is 0 Å². The van der Waals surface area contributed by atoms with Gasteiger partial charge in [0, 0.05) is 25.2 Å². The Bertz CT molecular complexity index is 1110. The van der Waals surface area contributed by atoms with Gasteiger partial charge in [-0.25, -0.2) is 17.6 Å². The third-order valence-electron chi connectivity index (χ3n) is 5.73. The lowest BCUT2D eigenvalue weighted by Gasteiger charge is -2.30. The van der Waals surface area contributed by atoms with Crippen molar-refractivity contribution in [2.45, 2.75) is 24.9 Å². The van der Waals surface area contributed by atoms with Gasteiger partial charge in [0.2, 0.25) is 15.7 Å². The van der Waals surface area contributed by atoms with E-state index in [-0.39, 0.29) is 4.91 Å². The van der Waals surface area contributed by atoms with Crippen LogP contribution in [-0.4, -0.2) is 66.4 Å². The molecule has 0 radical (unpaired) electrons. The molecular weight excluding hydrogens is 397 g/mol. The Hall–Kier alpha value is -2.65. The average molecular weight is 418 g/mol. The highest BCUT2D eigenvalue weighted by Gasteiger charge is 2.45. The molecule has 2 aliphatic heterocycles. The van der Waals surface area contributed by atoms with Crippen LogP contribution >= 0.6 is 0 Å². The highest BCUT2D eigenvalue weighted by molar-refractivity contribution is 7.93. The number of hydrogen-bond acceptors (Lipinski definition) is 4. The molecule has 1 aliphatic carbocycles. The monoisotopic (exact) mass is 418 g/mol. The first-order chi connectivity index (χ1) is 13.7. The number of halogens is 1. The summed E-state index contributed by atoms with van der Waals surface area (Å²) in [7, 11) is -0.956. The summed E-state index contributed by atoms with van der Waals surface area (Å²) in [6, 6.07) is 4.97. The number of rotatable bonds is 3. The van der Waals surface area contributed by atoms with Crippen LogP contribution in [0.15, 0.2) is 47.4 Å². The smallest absolute Gasteiger partial charge is 0.317 e. The van der Waals surface area contributed by atoms with Gasteiger partial charge in [0.1, 0.15) is 18.9 Å². The number of benzene rings is 1. The van der Waals surface area contributed by atoms with E-state index < -0.39 is 39.7 Å². The second kappa shape index (κ2) is 7.00.